The van der Waals surface area contributed by atoms with E-state index in [1.807, 2.05) is 0 Å². The predicted octanol–water partition coefficient (Wildman–Crippen LogP) is 4.75. The molecule has 4 aromatic carbocycles. The van der Waals surface area contributed by atoms with Crippen LogP contribution in [0, 0.1) is 0 Å². The van der Waals surface area contributed by atoms with E-state index in [2.05, 4.69) is 0 Å². The van der Waals surface area contributed by atoms with Gasteiger partial charge in [0.05, 0.1) is 9.79 Å². The van der Waals surface area contributed by atoms with Gasteiger partial charge in [0.1, 0.15) is 0 Å². The van der Waals surface area contributed by atoms with Crippen LogP contribution in [0.4, 0.5) is 0 Å². The molecule has 0 saturated carbocycles. The molecule has 0 bridgehead atoms. The van der Waals surface area contributed by atoms with Crippen LogP contribution in [0.1, 0.15) is 15.9 Å². The molecule has 0 aliphatic heterocycles. The fraction of sp³-hybridized carbons (Fsp3) is 0. The van der Waals surface area contributed by atoms with Crippen molar-refractivity contribution in [1.29, 1.82) is 0 Å². The highest BCUT2D eigenvalue weighted by Gasteiger charge is 2.12. The monoisotopic (exact) mass is 494 g/mol. The average molecular weight is 495 g/mol. The largest absolute Gasteiger partial charge is 0.294 e. The van der Waals surface area contributed by atoms with Crippen LogP contribution in [-0.2, 0) is 20.2 Å². The molecule has 0 aliphatic rings. The third kappa shape index (κ3) is 5.13. The molecular weight excluding hydrogens is 476 g/mol. The lowest BCUT2D eigenvalue weighted by Crippen LogP contribution is -2.01. The molecule has 34 heavy (non-hydrogen) atoms. The molecule has 172 valence electrons. The minimum Gasteiger partial charge on any atom is -0.289 e. The lowest BCUT2D eigenvalue weighted by atomic mass is 9.97. The van der Waals surface area contributed by atoms with Crippen molar-refractivity contribution in [2.24, 2.45) is 0 Å². The second-order valence-corrected chi connectivity index (χ2v) is 10.3. The summed E-state index contributed by atoms with van der Waals surface area (Å²) < 4.78 is 62.9. The van der Waals surface area contributed by atoms with Gasteiger partial charge < -0.3 is 0 Å². The molecule has 2 N–H and O–H groups in total. The molecule has 9 heteroatoms. The number of carbonyl (C=O) groups excluding carboxylic acids is 1. The molecule has 0 aromatic heterocycles. The number of ketones is 1. The van der Waals surface area contributed by atoms with Crippen molar-refractivity contribution < 1.29 is 30.7 Å². The standard InChI is InChI=1S/C25H18O7S2/c26-25(21-5-1-17(2-6-21)19-9-13-23(14-10-19)33(27,28)29)22-7-3-18(4-8-22)20-11-15-24(16-12-20)34(30,31)32/h1-16H,(H,27,28,29)(H,30,31,32). The van der Waals surface area contributed by atoms with Crippen LogP contribution in [0.3, 0.4) is 0 Å². The first-order valence-electron chi connectivity index (χ1n) is 9.93. The summed E-state index contributed by atoms with van der Waals surface area (Å²) in [5, 5.41) is 0. The fourth-order valence-corrected chi connectivity index (χ4v) is 4.39. The van der Waals surface area contributed by atoms with Gasteiger partial charge in [0.15, 0.2) is 5.78 Å². The van der Waals surface area contributed by atoms with E-state index < -0.39 is 20.2 Å². The number of hydrogen-bond donors (Lipinski definition) is 2. The van der Waals surface area contributed by atoms with Crippen molar-refractivity contribution in [3.05, 3.63) is 108 Å². The maximum absolute atomic E-state index is 12.9. The van der Waals surface area contributed by atoms with Gasteiger partial charge >= 0.3 is 0 Å². The first-order valence-corrected chi connectivity index (χ1v) is 12.8. The van der Waals surface area contributed by atoms with E-state index in [-0.39, 0.29) is 15.6 Å². The Morgan fingerprint density at radius 3 is 0.912 bits per heavy atom. The minimum atomic E-state index is -4.26. The van der Waals surface area contributed by atoms with Crippen LogP contribution in [-0.4, -0.2) is 31.7 Å². The maximum atomic E-state index is 12.9. The van der Waals surface area contributed by atoms with Crippen molar-refractivity contribution >= 4 is 26.0 Å². The summed E-state index contributed by atoms with van der Waals surface area (Å²) in [4.78, 5) is 12.5. The Hall–Kier alpha value is -3.63. The Morgan fingerprint density at radius 1 is 0.441 bits per heavy atom. The summed E-state index contributed by atoms with van der Waals surface area (Å²) >= 11 is 0. The molecule has 0 atom stereocenters. The van der Waals surface area contributed by atoms with Crippen LogP contribution in [0.5, 0.6) is 0 Å². The highest BCUT2D eigenvalue weighted by Crippen LogP contribution is 2.25. The zero-order valence-corrected chi connectivity index (χ0v) is 19.1. The third-order valence-electron chi connectivity index (χ3n) is 5.27. The van der Waals surface area contributed by atoms with Gasteiger partial charge in [0.25, 0.3) is 20.2 Å². The number of carbonyl (C=O) groups is 1. The second-order valence-electron chi connectivity index (χ2n) is 7.48. The van der Waals surface area contributed by atoms with E-state index in [4.69, 9.17) is 9.11 Å². The molecule has 0 heterocycles. The summed E-state index contributed by atoms with van der Waals surface area (Å²) in [6.07, 6.45) is 0. The Kier molecular flexibility index (Phi) is 6.20. The molecule has 0 saturated heterocycles. The molecular formula is C25H18O7S2. The highest BCUT2D eigenvalue weighted by molar-refractivity contribution is 7.86. The zero-order chi connectivity index (χ0) is 24.5. The van der Waals surface area contributed by atoms with Gasteiger partial charge in [-0.05, 0) is 46.5 Å². The van der Waals surface area contributed by atoms with Gasteiger partial charge in [-0.3, -0.25) is 13.9 Å². The summed E-state index contributed by atoms with van der Waals surface area (Å²) in [7, 11) is -8.52. The van der Waals surface area contributed by atoms with E-state index in [1.54, 1.807) is 72.8 Å². The van der Waals surface area contributed by atoms with Gasteiger partial charge in [-0.2, -0.15) is 16.8 Å². The lowest BCUT2D eigenvalue weighted by molar-refractivity contribution is 0.103. The highest BCUT2D eigenvalue weighted by atomic mass is 32.2. The van der Waals surface area contributed by atoms with Crippen LogP contribution in [0.2, 0.25) is 0 Å². The summed E-state index contributed by atoms with van der Waals surface area (Å²) in [5.41, 5.74) is 3.97. The average Bonchev–Trinajstić information content (AvgIpc) is 2.83. The second kappa shape index (κ2) is 8.96. The van der Waals surface area contributed by atoms with Gasteiger partial charge in [0.2, 0.25) is 0 Å². The van der Waals surface area contributed by atoms with Gasteiger partial charge in [0, 0.05) is 11.1 Å². The summed E-state index contributed by atoms with van der Waals surface area (Å²) in [6, 6.07) is 25.2. The molecule has 0 unspecified atom stereocenters. The zero-order valence-electron chi connectivity index (χ0n) is 17.5. The Labute approximate surface area is 196 Å². The van der Waals surface area contributed by atoms with Crippen molar-refractivity contribution in [3.63, 3.8) is 0 Å². The Balaban J connectivity index is 1.51. The molecule has 0 spiro atoms. The van der Waals surface area contributed by atoms with E-state index in [0.717, 1.165) is 22.3 Å². The van der Waals surface area contributed by atoms with Gasteiger partial charge in [-0.15, -0.1) is 0 Å². The summed E-state index contributed by atoms with van der Waals surface area (Å²) in [5.74, 6) is -0.179. The Bertz CT molecular complexity index is 1430. The predicted molar refractivity (Wildman–Crippen MR) is 127 cm³/mol. The van der Waals surface area contributed by atoms with Crippen LogP contribution >= 0.6 is 0 Å². The van der Waals surface area contributed by atoms with Crippen LogP contribution in [0.15, 0.2) is 107 Å². The minimum absolute atomic E-state index is 0.179. The van der Waals surface area contributed by atoms with E-state index >= 15 is 0 Å². The topological polar surface area (TPSA) is 126 Å². The molecule has 0 fully saturated rings. The van der Waals surface area contributed by atoms with Crippen LogP contribution in [0.25, 0.3) is 22.3 Å². The molecule has 0 radical (unpaired) electrons. The van der Waals surface area contributed by atoms with E-state index in [9.17, 15) is 21.6 Å². The maximum Gasteiger partial charge on any atom is 0.294 e. The van der Waals surface area contributed by atoms with E-state index in [1.165, 1.54) is 24.3 Å². The fourth-order valence-electron chi connectivity index (χ4n) is 3.43. The van der Waals surface area contributed by atoms with Crippen molar-refractivity contribution in [2.45, 2.75) is 9.79 Å². The van der Waals surface area contributed by atoms with Crippen molar-refractivity contribution in [1.82, 2.24) is 0 Å². The number of rotatable bonds is 6. The quantitative estimate of drug-likeness (QED) is 0.293. The van der Waals surface area contributed by atoms with Crippen LogP contribution < -0.4 is 0 Å². The third-order valence-corrected chi connectivity index (χ3v) is 7.00. The molecule has 0 amide bonds. The van der Waals surface area contributed by atoms with Crippen molar-refractivity contribution in [2.75, 3.05) is 0 Å². The number of benzene rings is 4. The van der Waals surface area contributed by atoms with Crippen molar-refractivity contribution in [3.8, 4) is 22.3 Å². The smallest absolute Gasteiger partial charge is 0.289 e. The normalized spacial score (nSPS) is 11.8. The molecule has 4 rings (SSSR count). The summed E-state index contributed by atoms with van der Waals surface area (Å²) in [6.45, 7) is 0. The SMILES string of the molecule is O=C(c1ccc(-c2ccc(S(=O)(=O)O)cc2)cc1)c1ccc(-c2ccc(S(=O)(=O)O)cc2)cc1. The molecule has 4 aromatic rings. The molecule has 0 aliphatic carbocycles. The first kappa shape index (κ1) is 23.5. The number of hydrogen-bond acceptors (Lipinski definition) is 5. The first-order chi connectivity index (χ1) is 16.0. The Morgan fingerprint density at radius 2 is 0.676 bits per heavy atom. The van der Waals surface area contributed by atoms with Gasteiger partial charge in [-0.1, -0.05) is 72.8 Å². The van der Waals surface area contributed by atoms with Gasteiger partial charge in [-0.25, -0.2) is 0 Å². The van der Waals surface area contributed by atoms with E-state index in [0.29, 0.717) is 11.1 Å². The lowest BCUT2D eigenvalue weighted by Gasteiger charge is -2.07. The molecule has 7 nitrogen and oxygen atoms in total.